The third-order valence-corrected chi connectivity index (χ3v) is 10.3. The SMILES string of the molecule is CN[C@H](C(=O)NC(C(=O)N(C)[C@H](/C=C(\C)C(=O)NS(=O)(=O)Cc1ccccc1)C(C)C)C(C)(C)C)C(C)(C)C1CCCCC1. The van der Waals surface area contributed by atoms with Gasteiger partial charge in [-0.05, 0) is 55.0 Å². The van der Waals surface area contributed by atoms with E-state index >= 15 is 0 Å². The molecule has 0 spiro atoms. The fourth-order valence-corrected chi connectivity index (χ4v) is 7.43. The van der Waals surface area contributed by atoms with Crippen molar-refractivity contribution in [3.8, 4) is 0 Å². The number of carbonyl (C=O) groups excluding carboxylic acids is 3. The minimum Gasteiger partial charge on any atom is -0.342 e. The standard InChI is InChI=1S/C34H56N4O5S/c1-23(2)27(21-24(3)30(39)37-44(42,43)22-25-17-13-11-14-18-25)38(10)32(41)29(33(4,5)6)36-31(40)28(35-9)34(7,8)26-19-15-12-16-20-26/h11,13-14,17-18,21,23,26-29,35H,12,15-16,19-20,22H2,1-10H3,(H,36,40)(H,37,39)/b24-21+/t27-,28-,29?/m1/s1. The van der Waals surface area contributed by atoms with Crippen molar-refractivity contribution in [2.75, 3.05) is 14.1 Å². The summed E-state index contributed by atoms with van der Waals surface area (Å²) in [6, 6.07) is 6.81. The van der Waals surface area contributed by atoms with Gasteiger partial charge in [-0.2, -0.15) is 0 Å². The molecule has 1 fully saturated rings. The highest BCUT2D eigenvalue weighted by Gasteiger charge is 2.44. The highest BCUT2D eigenvalue weighted by Crippen LogP contribution is 2.41. The van der Waals surface area contributed by atoms with Crippen LogP contribution in [0.2, 0.25) is 0 Å². The van der Waals surface area contributed by atoms with Crippen LogP contribution in [0.15, 0.2) is 42.0 Å². The van der Waals surface area contributed by atoms with Gasteiger partial charge in [-0.25, -0.2) is 13.1 Å². The van der Waals surface area contributed by atoms with Crippen molar-refractivity contribution in [3.63, 3.8) is 0 Å². The van der Waals surface area contributed by atoms with Gasteiger partial charge in [-0.1, -0.05) is 104 Å². The number of likely N-dealkylation sites (N-methyl/N-ethyl adjacent to an activating group) is 2. The summed E-state index contributed by atoms with van der Waals surface area (Å²) in [6.07, 6.45) is 7.37. The number of sulfonamides is 1. The first kappa shape index (κ1) is 37.5. The monoisotopic (exact) mass is 632 g/mol. The van der Waals surface area contributed by atoms with Crippen LogP contribution < -0.4 is 15.4 Å². The Hall–Kier alpha value is -2.72. The summed E-state index contributed by atoms with van der Waals surface area (Å²) >= 11 is 0. The second kappa shape index (κ2) is 15.5. The Bertz CT molecular complexity index is 1260. The van der Waals surface area contributed by atoms with Crippen LogP contribution in [0.5, 0.6) is 0 Å². The molecule has 3 atom stereocenters. The average molecular weight is 633 g/mol. The van der Waals surface area contributed by atoms with Gasteiger partial charge in [-0.3, -0.25) is 14.4 Å². The predicted octanol–water partition coefficient (Wildman–Crippen LogP) is 4.79. The Morgan fingerprint density at radius 3 is 2.05 bits per heavy atom. The van der Waals surface area contributed by atoms with Gasteiger partial charge in [0.1, 0.15) is 6.04 Å². The van der Waals surface area contributed by atoms with E-state index in [1.807, 2.05) is 34.6 Å². The first-order valence-electron chi connectivity index (χ1n) is 15.8. The zero-order valence-electron chi connectivity index (χ0n) is 28.5. The van der Waals surface area contributed by atoms with E-state index in [1.165, 1.54) is 26.2 Å². The molecule has 3 N–H and O–H groups in total. The second-order valence-electron chi connectivity index (χ2n) is 14.4. The fourth-order valence-electron chi connectivity index (χ4n) is 6.28. The molecule has 2 rings (SSSR count). The number of nitrogens with zero attached hydrogens (tertiary/aromatic N) is 1. The molecular weight excluding hydrogens is 576 g/mol. The maximum atomic E-state index is 14.1. The molecule has 1 aromatic carbocycles. The van der Waals surface area contributed by atoms with Crippen LogP contribution >= 0.6 is 0 Å². The molecule has 0 saturated heterocycles. The first-order valence-corrected chi connectivity index (χ1v) is 17.5. The molecule has 10 heteroatoms. The molecule has 0 bridgehead atoms. The van der Waals surface area contributed by atoms with Crippen molar-refractivity contribution in [2.45, 2.75) is 111 Å². The van der Waals surface area contributed by atoms with E-state index in [9.17, 15) is 22.8 Å². The molecule has 44 heavy (non-hydrogen) atoms. The van der Waals surface area contributed by atoms with Gasteiger partial charge < -0.3 is 15.5 Å². The van der Waals surface area contributed by atoms with Gasteiger partial charge >= 0.3 is 0 Å². The average Bonchev–Trinajstić information content (AvgIpc) is 2.93. The molecule has 9 nitrogen and oxygen atoms in total. The Kier molecular flexibility index (Phi) is 13.2. The van der Waals surface area contributed by atoms with Gasteiger partial charge in [0.15, 0.2) is 0 Å². The van der Waals surface area contributed by atoms with E-state index in [4.69, 9.17) is 0 Å². The highest BCUT2D eigenvalue weighted by atomic mass is 32.2. The van der Waals surface area contributed by atoms with Gasteiger partial charge in [0.25, 0.3) is 5.91 Å². The number of carbonyl (C=O) groups is 3. The predicted molar refractivity (Wildman–Crippen MR) is 177 cm³/mol. The lowest BCUT2D eigenvalue weighted by Crippen LogP contribution is -2.61. The van der Waals surface area contributed by atoms with Crippen LogP contribution in [-0.2, 0) is 30.2 Å². The van der Waals surface area contributed by atoms with Crippen molar-refractivity contribution in [1.29, 1.82) is 0 Å². The van der Waals surface area contributed by atoms with Crippen LogP contribution in [0.25, 0.3) is 0 Å². The molecule has 0 radical (unpaired) electrons. The van der Waals surface area contributed by atoms with Crippen molar-refractivity contribution in [3.05, 3.63) is 47.5 Å². The lowest BCUT2D eigenvalue weighted by Gasteiger charge is -2.43. The molecular formula is C34H56N4O5S. The number of benzene rings is 1. The van der Waals surface area contributed by atoms with Gasteiger partial charge in [0.05, 0.1) is 17.8 Å². The molecule has 1 saturated carbocycles. The summed E-state index contributed by atoms with van der Waals surface area (Å²) in [5, 5.41) is 6.32. The van der Waals surface area contributed by atoms with E-state index < -0.39 is 39.5 Å². The van der Waals surface area contributed by atoms with Crippen molar-refractivity contribution < 1.29 is 22.8 Å². The number of hydrogen-bond donors (Lipinski definition) is 3. The Morgan fingerprint density at radius 1 is 0.977 bits per heavy atom. The first-order chi connectivity index (χ1) is 20.3. The zero-order valence-corrected chi connectivity index (χ0v) is 29.3. The summed E-state index contributed by atoms with van der Waals surface area (Å²) in [6.45, 7) is 15.4. The molecule has 1 unspecified atom stereocenters. The molecule has 0 aromatic heterocycles. The Balaban J connectivity index is 2.26. The number of nitrogens with one attached hydrogen (secondary N) is 3. The summed E-state index contributed by atoms with van der Waals surface area (Å²) < 4.78 is 27.5. The largest absolute Gasteiger partial charge is 0.342 e. The van der Waals surface area contributed by atoms with Crippen molar-refractivity contribution >= 4 is 27.7 Å². The van der Waals surface area contributed by atoms with E-state index in [0.29, 0.717) is 11.5 Å². The molecule has 1 aliphatic rings. The smallest absolute Gasteiger partial charge is 0.260 e. The van der Waals surface area contributed by atoms with Crippen LogP contribution in [0.4, 0.5) is 0 Å². The molecule has 248 valence electrons. The minimum absolute atomic E-state index is 0.0979. The minimum atomic E-state index is -3.92. The van der Waals surface area contributed by atoms with Crippen LogP contribution in [0.1, 0.15) is 93.1 Å². The molecule has 1 aliphatic carbocycles. The van der Waals surface area contributed by atoms with Crippen LogP contribution in [-0.4, -0.2) is 63.3 Å². The maximum Gasteiger partial charge on any atom is 0.260 e. The summed E-state index contributed by atoms with van der Waals surface area (Å²) in [5.41, 5.74) is -0.152. The fraction of sp³-hybridized carbons (Fsp3) is 0.676. The zero-order chi connectivity index (χ0) is 33.5. The van der Waals surface area contributed by atoms with Gasteiger partial charge in [-0.15, -0.1) is 0 Å². The summed E-state index contributed by atoms with van der Waals surface area (Å²) in [4.78, 5) is 42.4. The molecule has 0 aliphatic heterocycles. The lowest BCUT2D eigenvalue weighted by molar-refractivity contribution is -0.141. The maximum absolute atomic E-state index is 14.1. The highest BCUT2D eigenvalue weighted by molar-refractivity contribution is 7.89. The lowest BCUT2D eigenvalue weighted by atomic mass is 9.66. The van der Waals surface area contributed by atoms with E-state index in [0.717, 1.165) is 12.8 Å². The molecule has 1 aromatic rings. The number of hydrogen-bond acceptors (Lipinski definition) is 6. The van der Waals surface area contributed by atoms with Crippen molar-refractivity contribution in [1.82, 2.24) is 20.3 Å². The summed E-state index contributed by atoms with van der Waals surface area (Å²) in [5.74, 6) is -1.24. The molecule has 0 heterocycles. The van der Waals surface area contributed by atoms with E-state index in [1.54, 1.807) is 55.4 Å². The topological polar surface area (TPSA) is 125 Å². The van der Waals surface area contributed by atoms with Crippen LogP contribution in [0.3, 0.4) is 0 Å². The van der Waals surface area contributed by atoms with E-state index in [2.05, 4.69) is 29.2 Å². The Labute approximate surface area is 266 Å². The Morgan fingerprint density at radius 2 is 1.55 bits per heavy atom. The number of rotatable bonds is 13. The quantitative estimate of drug-likeness (QED) is 0.269. The third kappa shape index (κ3) is 10.2. The number of amides is 3. The van der Waals surface area contributed by atoms with Gasteiger partial charge in [0, 0.05) is 12.6 Å². The van der Waals surface area contributed by atoms with Gasteiger partial charge in [0.2, 0.25) is 21.8 Å². The second-order valence-corrected chi connectivity index (χ2v) is 16.1. The van der Waals surface area contributed by atoms with Crippen molar-refractivity contribution in [2.24, 2.45) is 22.7 Å². The third-order valence-electron chi connectivity index (χ3n) is 9.06. The van der Waals surface area contributed by atoms with E-state index in [-0.39, 0.29) is 34.5 Å². The summed E-state index contributed by atoms with van der Waals surface area (Å²) in [7, 11) is -0.469. The molecule has 3 amide bonds. The normalized spacial score (nSPS) is 17.5. The van der Waals surface area contributed by atoms with Crippen LogP contribution in [0, 0.1) is 22.7 Å².